The summed E-state index contributed by atoms with van der Waals surface area (Å²) >= 11 is 0. The van der Waals surface area contributed by atoms with Gasteiger partial charge < -0.3 is 25.7 Å². The first kappa shape index (κ1) is 17.4. The predicted molar refractivity (Wildman–Crippen MR) is 72.8 cm³/mol. The van der Waals surface area contributed by atoms with Gasteiger partial charge in [0.05, 0.1) is 12.6 Å². The van der Waals surface area contributed by atoms with Crippen molar-refractivity contribution < 1.29 is 33.3 Å². The molecule has 9 heteroatoms. The first-order valence-corrected chi connectivity index (χ1v) is 6.01. The van der Waals surface area contributed by atoms with Crippen molar-refractivity contribution in [3.8, 4) is 5.75 Å². The number of H-pyrrole nitrogens is 1. The normalized spacial score (nSPS) is 10.0. The summed E-state index contributed by atoms with van der Waals surface area (Å²) in [5, 5.41) is 15.1. The van der Waals surface area contributed by atoms with Crippen molar-refractivity contribution in [2.75, 3.05) is 13.7 Å². The van der Waals surface area contributed by atoms with Crippen LogP contribution in [0.2, 0.25) is 0 Å². The van der Waals surface area contributed by atoms with E-state index in [9.17, 15) is 8.78 Å². The highest BCUT2D eigenvalue weighted by atomic mass is 19.1. The molecule has 0 aliphatic carbocycles. The summed E-state index contributed by atoms with van der Waals surface area (Å²) in [5.74, 6) is -5.40. The molecule has 0 radical (unpaired) electrons. The minimum Gasteiger partial charge on any atom is -0.491 e. The summed E-state index contributed by atoms with van der Waals surface area (Å²) in [5.41, 5.74) is 6.57. The summed E-state index contributed by atoms with van der Waals surface area (Å²) in [6.45, 7) is 0.409. The topological polar surface area (TPSA) is 126 Å². The van der Waals surface area contributed by atoms with E-state index in [4.69, 9.17) is 30.3 Å². The van der Waals surface area contributed by atoms with E-state index in [1.165, 1.54) is 13.2 Å². The van der Waals surface area contributed by atoms with Crippen molar-refractivity contribution >= 4 is 22.8 Å². The first-order chi connectivity index (χ1) is 10.3. The SMILES string of the molecule is COc1c(F)cc2[nH]cc(CCN)c2c1F.O=C(O)C(=O)O. The maximum absolute atomic E-state index is 13.9. The number of aromatic nitrogens is 1. The molecule has 1 aromatic heterocycles. The molecule has 0 atom stereocenters. The fraction of sp³-hybridized carbons (Fsp3) is 0.231. The van der Waals surface area contributed by atoms with E-state index >= 15 is 0 Å². The van der Waals surface area contributed by atoms with Gasteiger partial charge in [-0.2, -0.15) is 0 Å². The van der Waals surface area contributed by atoms with Crippen molar-refractivity contribution in [2.24, 2.45) is 5.73 Å². The number of benzene rings is 1. The first-order valence-electron chi connectivity index (χ1n) is 6.01. The number of fused-ring (bicyclic) bond motifs is 1. The molecule has 1 aromatic carbocycles. The Morgan fingerprint density at radius 1 is 1.32 bits per heavy atom. The van der Waals surface area contributed by atoms with Crippen LogP contribution < -0.4 is 10.5 Å². The Kier molecular flexibility index (Phi) is 5.81. The standard InChI is InChI=1S/C11H12F2N2O.C2H2O4/c1-16-11-7(12)4-8-9(10(11)13)6(2-3-14)5-15-8;3-1(4)2(5)6/h4-5,15H,2-3,14H2,1H3;(H,3,4)(H,5,6). The number of hydrogen-bond acceptors (Lipinski definition) is 4. The van der Waals surface area contributed by atoms with Gasteiger partial charge in [0.25, 0.3) is 0 Å². The van der Waals surface area contributed by atoms with Crippen molar-refractivity contribution in [1.82, 2.24) is 4.98 Å². The molecule has 0 aliphatic rings. The highest BCUT2D eigenvalue weighted by molar-refractivity contribution is 6.27. The third kappa shape index (κ3) is 3.70. The molecule has 0 bridgehead atoms. The number of rotatable bonds is 3. The molecule has 1 heterocycles. The fourth-order valence-corrected chi connectivity index (χ4v) is 1.81. The molecule has 5 N–H and O–H groups in total. The van der Waals surface area contributed by atoms with Gasteiger partial charge in [-0.3, -0.25) is 0 Å². The monoisotopic (exact) mass is 316 g/mol. The number of methoxy groups -OCH3 is 1. The second kappa shape index (κ2) is 7.36. The molecule has 0 spiro atoms. The summed E-state index contributed by atoms with van der Waals surface area (Å²) in [4.78, 5) is 21.0. The number of aromatic amines is 1. The molecule has 0 fully saturated rings. The summed E-state index contributed by atoms with van der Waals surface area (Å²) in [6.07, 6.45) is 2.17. The van der Waals surface area contributed by atoms with Gasteiger partial charge >= 0.3 is 11.9 Å². The number of aliphatic carboxylic acids is 2. The molecular formula is C13H14F2N2O5. The molecule has 2 aromatic rings. The van der Waals surface area contributed by atoms with Crippen LogP contribution in [0.25, 0.3) is 10.9 Å². The fourth-order valence-electron chi connectivity index (χ4n) is 1.81. The lowest BCUT2D eigenvalue weighted by Crippen LogP contribution is -2.09. The molecule has 22 heavy (non-hydrogen) atoms. The van der Waals surface area contributed by atoms with E-state index in [1.54, 1.807) is 6.20 Å². The van der Waals surface area contributed by atoms with Gasteiger partial charge in [0.15, 0.2) is 17.4 Å². The Morgan fingerprint density at radius 2 is 1.91 bits per heavy atom. The molecule has 7 nitrogen and oxygen atoms in total. The number of carboxylic acids is 2. The van der Waals surface area contributed by atoms with E-state index in [0.29, 0.717) is 23.9 Å². The zero-order chi connectivity index (χ0) is 16.9. The summed E-state index contributed by atoms with van der Waals surface area (Å²) < 4.78 is 32.0. The van der Waals surface area contributed by atoms with Crippen LogP contribution in [-0.4, -0.2) is 40.8 Å². The lowest BCUT2D eigenvalue weighted by atomic mass is 10.1. The maximum Gasteiger partial charge on any atom is 0.414 e. The Bertz CT molecular complexity index is 687. The molecule has 0 amide bonds. The number of halogens is 2. The molecule has 2 rings (SSSR count). The smallest absolute Gasteiger partial charge is 0.414 e. The van der Waals surface area contributed by atoms with Gasteiger partial charge in [-0.25, -0.2) is 18.4 Å². The van der Waals surface area contributed by atoms with Crippen molar-refractivity contribution in [1.29, 1.82) is 0 Å². The Balaban J connectivity index is 0.000000346. The van der Waals surface area contributed by atoms with Gasteiger partial charge in [0.1, 0.15) is 0 Å². The zero-order valence-electron chi connectivity index (χ0n) is 11.5. The van der Waals surface area contributed by atoms with E-state index < -0.39 is 23.6 Å². The highest BCUT2D eigenvalue weighted by Gasteiger charge is 2.17. The Morgan fingerprint density at radius 3 is 2.36 bits per heavy atom. The van der Waals surface area contributed by atoms with Gasteiger partial charge in [0.2, 0.25) is 0 Å². The number of nitrogens with one attached hydrogen (secondary N) is 1. The van der Waals surface area contributed by atoms with Gasteiger partial charge in [-0.1, -0.05) is 0 Å². The molecule has 0 saturated heterocycles. The maximum atomic E-state index is 13.9. The average Bonchev–Trinajstić information content (AvgIpc) is 2.83. The highest BCUT2D eigenvalue weighted by Crippen LogP contribution is 2.31. The number of carbonyl (C=O) groups is 2. The minimum atomic E-state index is -1.82. The summed E-state index contributed by atoms with van der Waals surface area (Å²) in [7, 11) is 1.24. The van der Waals surface area contributed by atoms with Crippen LogP contribution in [0.1, 0.15) is 5.56 Å². The quantitative estimate of drug-likeness (QED) is 0.629. The molecule has 0 unspecified atom stereocenters. The van der Waals surface area contributed by atoms with E-state index in [0.717, 1.165) is 5.56 Å². The van der Waals surface area contributed by atoms with Gasteiger partial charge in [0, 0.05) is 17.6 Å². The number of carboxylic acid groups (broad SMARTS) is 2. The number of ether oxygens (including phenoxy) is 1. The number of hydrogen-bond donors (Lipinski definition) is 4. The lowest BCUT2D eigenvalue weighted by Gasteiger charge is -2.05. The Labute approximate surface area is 123 Å². The molecule has 120 valence electrons. The molecule has 0 aliphatic heterocycles. The second-order valence-corrected chi connectivity index (χ2v) is 4.09. The molecule has 0 saturated carbocycles. The van der Waals surface area contributed by atoms with Crippen LogP contribution >= 0.6 is 0 Å². The van der Waals surface area contributed by atoms with Crippen molar-refractivity contribution in [3.63, 3.8) is 0 Å². The second-order valence-electron chi connectivity index (χ2n) is 4.09. The van der Waals surface area contributed by atoms with Crippen molar-refractivity contribution in [3.05, 3.63) is 29.5 Å². The minimum absolute atomic E-state index is 0.351. The van der Waals surface area contributed by atoms with Crippen molar-refractivity contribution in [2.45, 2.75) is 6.42 Å². The van der Waals surface area contributed by atoms with E-state index in [-0.39, 0.29) is 5.75 Å². The van der Waals surface area contributed by atoms with Crippen LogP contribution in [0.4, 0.5) is 8.78 Å². The van der Waals surface area contributed by atoms with Crippen LogP contribution in [0, 0.1) is 11.6 Å². The summed E-state index contributed by atoms with van der Waals surface area (Å²) in [6, 6.07) is 1.22. The van der Waals surface area contributed by atoms with E-state index in [1.807, 2.05) is 0 Å². The molecular weight excluding hydrogens is 302 g/mol. The predicted octanol–water partition coefficient (Wildman–Crippen LogP) is 1.11. The van der Waals surface area contributed by atoms with Gasteiger partial charge in [-0.15, -0.1) is 0 Å². The largest absolute Gasteiger partial charge is 0.491 e. The van der Waals surface area contributed by atoms with Gasteiger partial charge in [-0.05, 0) is 18.5 Å². The third-order valence-corrected chi connectivity index (χ3v) is 2.70. The van der Waals surface area contributed by atoms with Crippen LogP contribution in [0.15, 0.2) is 12.3 Å². The van der Waals surface area contributed by atoms with E-state index in [2.05, 4.69) is 4.98 Å². The Hall–Kier alpha value is -2.68. The van der Waals surface area contributed by atoms with Crippen LogP contribution in [0.5, 0.6) is 5.75 Å². The third-order valence-electron chi connectivity index (χ3n) is 2.70. The number of nitrogens with two attached hydrogens (primary N) is 1. The van der Waals surface area contributed by atoms with Crippen LogP contribution in [0.3, 0.4) is 0 Å². The zero-order valence-corrected chi connectivity index (χ0v) is 11.5. The van der Waals surface area contributed by atoms with Crippen LogP contribution in [-0.2, 0) is 16.0 Å². The lowest BCUT2D eigenvalue weighted by molar-refractivity contribution is -0.159. The average molecular weight is 316 g/mol.